The molecule has 3 aliphatic carbocycles. The zero-order valence-electron chi connectivity index (χ0n) is 17.7. The van der Waals surface area contributed by atoms with Crippen molar-refractivity contribution < 1.29 is 35.5 Å². The van der Waals surface area contributed by atoms with Gasteiger partial charge in [0.2, 0.25) is 10.0 Å². The number of carbonyl (C=O) groups is 1. The number of sulfonamides is 1. The number of ether oxygens (including phenoxy) is 1. The van der Waals surface area contributed by atoms with Gasteiger partial charge in [-0.1, -0.05) is 23.7 Å². The molecule has 0 radical (unpaired) electrons. The van der Waals surface area contributed by atoms with Crippen LogP contribution in [0, 0.1) is 11.7 Å². The molecule has 0 heterocycles. The van der Waals surface area contributed by atoms with E-state index in [-0.39, 0.29) is 34.9 Å². The Balaban J connectivity index is 1.28. The lowest BCUT2D eigenvalue weighted by Crippen LogP contribution is -2.53. The number of rotatable bonds is 8. The number of hydrogen-bond donors (Lipinski definition) is 2. The summed E-state index contributed by atoms with van der Waals surface area (Å²) in [5, 5.41) is 2.82. The Labute approximate surface area is 198 Å². The van der Waals surface area contributed by atoms with Gasteiger partial charge in [-0.05, 0) is 55.0 Å². The highest BCUT2D eigenvalue weighted by atomic mass is 35.5. The van der Waals surface area contributed by atoms with Crippen LogP contribution in [0.5, 0.6) is 5.75 Å². The lowest BCUT2D eigenvalue weighted by Gasteiger charge is -2.39. The van der Waals surface area contributed by atoms with Crippen molar-refractivity contribution in [1.29, 1.82) is 0 Å². The van der Waals surface area contributed by atoms with Crippen LogP contribution >= 0.6 is 11.6 Å². The summed E-state index contributed by atoms with van der Waals surface area (Å²) >= 11 is 5.61. The lowest BCUT2D eigenvalue weighted by molar-refractivity contribution is -0.137. The van der Waals surface area contributed by atoms with E-state index >= 15 is 0 Å². The van der Waals surface area contributed by atoms with Gasteiger partial charge in [0.15, 0.2) is 6.61 Å². The molecule has 1 amide bonds. The third kappa shape index (κ3) is 5.64. The molecule has 3 fully saturated rings. The van der Waals surface area contributed by atoms with Crippen molar-refractivity contribution in [3.8, 4) is 5.75 Å². The summed E-state index contributed by atoms with van der Waals surface area (Å²) < 4.78 is 84.5. The zero-order valence-corrected chi connectivity index (χ0v) is 19.2. The molecule has 0 saturated heterocycles. The number of amides is 1. The topological polar surface area (TPSA) is 84.5 Å². The van der Waals surface area contributed by atoms with E-state index in [0.29, 0.717) is 19.3 Å². The van der Waals surface area contributed by atoms with E-state index in [0.717, 1.165) is 30.3 Å². The highest BCUT2D eigenvalue weighted by Crippen LogP contribution is 2.52. The standard InChI is InChI=1S/C22H21ClF4N2O4S/c23-17-6-5-16(7-18(17)24)33-11-20(30)28-21-8-14(9-21)19(10-21)29-34(31,32)12-13-1-3-15(4-2-13)22(25,26)27/h1-7,14,19,29H,8-12H2,(H,28,30). The minimum Gasteiger partial charge on any atom is -0.484 e. The van der Waals surface area contributed by atoms with Gasteiger partial charge in [-0.25, -0.2) is 17.5 Å². The van der Waals surface area contributed by atoms with E-state index in [2.05, 4.69) is 10.0 Å². The maximum Gasteiger partial charge on any atom is 0.416 e. The maximum absolute atomic E-state index is 13.5. The van der Waals surface area contributed by atoms with Gasteiger partial charge in [-0.3, -0.25) is 4.79 Å². The van der Waals surface area contributed by atoms with Crippen LogP contribution in [0.15, 0.2) is 42.5 Å². The fraction of sp³-hybridized carbons (Fsp3) is 0.409. The Bertz CT molecular complexity index is 1180. The van der Waals surface area contributed by atoms with Crippen LogP contribution in [0.3, 0.4) is 0 Å². The molecule has 2 aromatic carbocycles. The number of halogens is 5. The first kappa shape index (κ1) is 24.7. The van der Waals surface area contributed by atoms with Crippen LogP contribution in [0.1, 0.15) is 30.4 Å². The van der Waals surface area contributed by atoms with Gasteiger partial charge in [0.1, 0.15) is 11.6 Å². The van der Waals surface area contributed by atoms with Gasteiger partial charge in [0, 0.05) is 17.6 Å². The largest absolute Gasteiger partial charge is 0.484 e. The maximum atomic E-state index is 13.5. The van der Waals surface area contributed by atoms with Crippen LogP contribution in [0.25, 0.3) is 0 Å². The van der Waals surface area contributed by atoms with E-state index in [9.17, 15) is 30.8 Å². The smallest absolute Gasteiger partial charge is 0.416 e. The molecular formula is C22H21ClF4N2O4S. The van der Waals surface area contributed by atoms with Crippen molar-refractivity contribution in [2.45, 2.75) is 42.8 Å². The normalized spacial score (nSPS) is 23.9. The Kier molecular flexibility index (Phi) is 6.56. The molecule has 0 aromatic heterocycles. The predicted molar refractivity (Wildman–Crippen MR) is 116 cm³/mol. The average molecular weight is 521 g/mol. The predicted octanol–water partition coefficient (Wildman–Crippen LogP) is 4.03. The number of alkyl halides is 3. The van der Waals surface area contributed by atoms with Gasteiger partial charge in [0.25, 0.3) is 5.91 Å². The SMILES string of the molecule is O=C(COc1ccc(Cl)c(F)c1)NC12CC(C1)C(NS(=O)(=O)Cc1ccc(C(F)(F)F)cc1)C2. The Morgan fingerprint density at radius 3 is 2.41 bits per heavy atom. The third-order valence-electron chi connectivity index (χ3n) is 6.12. The molecule has 1 unspecified atom stereocenters. The minimum atomic E-state index is -4.49. The van der Waals surface area contributed by atoms with Crippen LogP contribution in [-0.4, -0.2) is 32.5 Å². The molecule has 5 rings (SSSR count). The summed E-state index contributed by atoms with van der Waals surface area (Å²) in [6.07, 6.45) is -2.90. The van der Waals surface area contributed by atoms with E-state index in [4.69, 9.17) is 16.3 Å². The fourth-order valence-corrected chi connectivity index (χ4v) is 6.17. The van der Waals surface area contributed by atoms with Crippen molar-refractivity contribution in [2.24, 2.45) is 5.92 Å². The van der Waals surface area contributed by atoms with Crippen LogP contribution in [-0.2, 0) is 26.7 Å². The number of hydrogen-bond acceptors (Lipinski definition) is 4. The second kappa shape index (κ2) is 9.01. The van der Waals surface area contributed by atoms with Gasteiger partial charge >= 0.3 is 6.18 Å². The van der Waals surface area contributed by atoms with Crippen LogP contribution in [0.2, 0.25) is 5.02 Å². The molecule has 2 N–H and O–H groups in total. The Morgan fingerprint density at radius 2 is 1.79 bits per heavy atom. The first-order chi connectivity index (χ1) is 15.8. The number of nitrogens with one attached hydrogen (secondary N) is 2. The van der Waals surface area contributed by atoms with Gasteiger partial charge in [-0.15, -0.1) is 0 Å². The highest BCUT2D eigenvalue weighted by molar-refractivity contribution is 7.88. The van der Waals surface area contributed by atoms with E-state index in [1.54, 1.807) is 0 Å². The molecular weight excluding hydrogens is 500 g/mol. The summed E-state index contributed by atoms with van der Waals surface area (Å²) in [6, 6.07) is 7.43. The molecule has 0 spiro atoms. The lowest BCUT2D eigenvalue weighted by atomic mass is 9.77. The van der Waals surface area contributed by atoms with Crippen molar-refractivity contribution in [2.75, 3.05) is 6.61 Å². The van der Waals surface area contributed by atoms with Crippen LogP contribution in [0.4, 0.5) is 17.6 Å². The van der Waals surface area contributed by atoms with E-state index < -0.39 is 44.8 Å². The molecule has 184 valence electrons. The van der Waals surface area contributed by atoms with Crippen molar-refractivity contribution in [3.05, 3.63) is 64.4 Å². The molecule has 2 bridgehead atoms. The minimum absolute atomic E-state index is 0.0500. The third-order valence-corrected chi connectivity index (χ3v) is 7.80. The first-order valence-electron chi connectivity index (χ1n) is 10.4. The number of carbonyl (C=O) groups excluding carboxylic acids is 1. The molecule has 6 nitrogen and oxygen atoms in total. The van der Waals surface area contributed by atoms with Gasteiger partial charge < -0.3 is 10.1 Å². The quantitative estimate of drug-likeness (QED) is 0.515. The van der Waals surface area contributed by atoms with Gasteiger partial charge in [0.05, 0.1) is 16.3 Å². The molecule has 3 saturated carbocycles. The van der Waals surface area contributed by atoms with E-state index in [1.807, 2.05) is 0 Å². The number of fused-ring (bicyclic) bond motifs is 1. The fourth-order valence-electron chi connectivity index (χ4n) is 4.60. The zero-order chi connectivity index (χ0) is 24.7. The summed E-state index contributed by atoms with van der Waals surface area (Å²) in [4.78, 5) is 12.3. The van der Waals surface area contributed by atoms with E-state index in [1.165, 1.54) is 12.1 Å². The van der Waals surface area contributed by atoms with Crippen molar-refractivity contribution >= 4 is 27.5 Å². The average Bonchev–Trinajstić information content (AvgIpc) is 3.20. The Morgan fingerprint density at radius 1 is 1.12 bits per heavy atom. The monoisotopic (exact) mass is 520 g/mol. The summed E-state index contributed by atoms with van der Waals surface area (Å²) in [6.45, 7) is -0.336. The van der Waals surface area contributed by atoms with Gasteiger partial charge in [-0.2, -0.15) is 13.2 Å². The highest BCUT2D eigenvalue weighted by Gasteiger charge is 2.57. The summed E-state index contributed by atoms with van der Waals surface area (Å²) in [5.41, 5.74) is -1.15. The molecule has 12 heteroatoms. The first-order valence-corrected chi connectivity index (χ1v) is 12.4. The second-order valence-electron chi connectivity index (χ2n) is 8.74. The Hall–Kier alpha value is -2.37. The summed E-state index contributed by atoms with van der Waals surface area (Å²) in [5.74, 6) is -1.32. The van der Waals surface area contributed by atoms with Crippen molar-refractivity contribution in [3.63, 3.8) is 0 Å². The molecule has 3 aliphatic rings. The van der Waals surface area contributed by atoms with Crippen molar-refractivity contribution in [1.82, 2.24) is 10.0 Å². The number of benzene rings is 2. The molecule has 0 aliphatic heterocycles. The second-order valence-corrected chi connectivity index (χ2v) is 10.9. The molecule has 34 heavy (non-hydrogen) atoms. The molecule has 2 aromatic rings. The molecule has 1 atom stereocenters. The summed E-state index contributed by atoms with van der Waals surface area (Å²) in [7, 11) is -3.80. The van der Waals surface area contributed by atoms with Crippen LogP contribution < -0.4 is 14.8 Å².